The molecule has 5 nitrogen and oxygen atoms in total. The third-order valence-electron chi connectivity index (χ3n) is 3.89. The van der Waals surface area contributed by atoms with E-state index in [1.165, 1.54) is 4.68 Å². The minimum atomic E-state index is -0.400. The van der Waals surface area contributed by atoms with Crippen molar-refractivity contribution in [3.63, 3.8) is 0 Å². The third-order valence-corrected chi connectivity index (χ3v) is 3.89. The number of carbonyl (C=O) groups is 1. The second kappa shape index (κ2) is 6.51. The second-order valence-electron chi connectivity index (χ2n) is 7.04. The maximum atomic E-state index is 12.9. The molecule has 1 heterocycles. The quantitative estimate of drug-likeness (QED) is 0.800. The lowest BCUT2D eigenvalue weighted by Crippen LogP contribution is -2.40. The molecule has 3 rings (SSSR count). The number of nitrogens with zero attached hydrogens (tertiary/aromatic N) is 2. The molecular weight excluding hydrogens is 314 g/mol. The van der Waals surface area contributed by atoms with E-state index in [0.717, 1.165) is 5.56 Å². The number of carbonyl (C=O) groups excluding carboxylic acids is 1. The zero-order valence-electron chi connectivity index (χ0n) is 14.6. The molecule has 0 aliphatic heterocycles. The van der Waals surface area contributed by atoms with E-state index >= 15 is 0 Å². The molecule has 3 aromatic rings. The van der Waals surface area contributed by atoms with Gasteiger partial charge in [-0.3, -0.25) is 15.0 Å². The van der Waals surface area contributed by atoms with Crippen LogP contribution in [0, 0.1) is 0 Å². The highest BCUT2D eigenvalue weighted by molar-refractivity contribution is 5.86. The zero-order chi connectivity index (χ0) is 18.0. The van der Waals surface area contributed by atoms with Crippen LogP contribution in [0.15, 0.2) is 59.4 Å². The number of nitrogens with one attached hydrogen (secondary N) is 1. The first-order valence-electron chi connectivity index (χ1n) is 8.22. The number of hydrogen-bond donors (Lipinski definition) is 1. The number of amides is 1. The van der Waals surface area contributed by atoms with Gasteiger partial charge in [0.05, 0.1) is 17.3 Å². The second-order valence-corrected chi connectivity index (χ2v) is 7.04. The van der Waals surface area contributed by atoms with E-state index in [-0.39, 0.29) is 17.9 Å². The largest absolute Gasteiger partial charge is 0.280 e. The number of hydrogen-bond acceptors (Lipinski definition) is 3. The summed E-state index contributed by atoms with van der Waals surface area (Å²) < 4.78 is 1.29. The van der Waals surface area contributed by atoms with Gasteiger partial charge in [-0.15, -0.1) is 0 Å². The van der Waals surface area contributed by atoms with Crippen molar-refractivity contribution in [3.8, 4) is 0 Å². The SMILES string of the molecule is CC(C)(C)c1nc2ccccc2c(=O)n1NC(=O)Cc1ccccc1. The van der Waals surface area contributed by atoms with Gasteiger partial charge in [-0.05, 0) is 17.7 Å². The standard InChI is InChI=1S/C20H21N3O2/c1-20(2,3)19-21-16-12-8-7-11-15(16)18(25)23(19)22-17(24)13-14-9-5-4-6-10-14/h4-12H,13H2,1-3H3,(H,22,24). The van der Waals surface area contributed by atoms with Crippen LogP contribution in [0.3, 0.4) is 0 Å². The third kappa shape index (κ3) is 3.60. The first kappa shape index (κ1) is 16.9. The van der Waals surface area contributed by atoms with Crippen LogP contribution < -0.4 is 11.0 Å². The van der Waals surface area contributed by atoms with Crippen molar-refractivity contribution in [1.29, 1.82) is 0 Å². The lowest BCUT2D eigenvalue weighted by molar-refractivity contribution is -0.116. The van der Waals surface area contributed by atoms with Crippen LogP contribution in [0.5, 0.6) is 0 Å². The van der Waals surface area contributed by atoms with Crippen molar-refractivity contribution in [1.82, 2.24) is 9.66 Å². The summed E-state index contributed by atoms with van der Waals surface area (Å²) in [6, 6.07) is 16.6. The van der Waals surface area contributed by atoms with Crippen molar-refractivity contribution in [2.24, 2.45) is 0 Å². The lowest BCUT2D eigenvalue weighted by Gasteiger charge is -2.23. The first-order valence-corrected chi connectivity index (χ1v) is 8.22. The van der Waals surface area contributed by atoms with Gasteiger partial charge in [0.15, 0.2) is 0 Å². The van der Waals surface area contributed by atoms with Gasteiger partial charge in [-0.2, -0.15) is 0 Å². The van der Waals surface area contributed by atoms with Crippen molar-refractivity contribution in [3.05, 3.63) is 76.3 Å². The molecule has 0 saturated heterocycles. The molecule has 1 amide bonds. The van der Waals surface area contributed by atoms with Gasteiger partial charge in [0.2, 0.25) is 5.91 Å². The normalized spacial score (nSPS) is 11.5. The Labute approximate surface area is 146 Å². The number of rotatable bonds is 3. The molecule has 0 atom stereocenters. The minimum absolute atomic E-state index is 0.198. The fourth-order valence-corrected chi connectivity index (χ4v) is 2.69. The maximum absolute atomic E-state index is 12.9. The Bertz CT molecular complexity index is 970. The summed E-state index contributed by atoms with van der Waals surface area (Å²) in [5.74, 6) is 0.272. The zero-order valence-corrected chi connectivity index (χ0v) is 14.6. The van der Waals surface area contributed by atoms with E-state index in [4.69, 9.17) is 0 Å². The Morgan fingerprint density at radius 1 is 1.04 bits per heavy atom. The molecule has 0 radical (unpaired) electrons. The van der Waals surface area contributed by atoms with Crippen LogP contribution in [0.25, 0.3) is 10.9 Å². The molecule has 2 aromatic carbocycles. The van der Waals surface area contributed by atoms with E-state index in [9.17, 15) is 9.59 Å². The molecule has 0 aliphatic rings. The summed E-state index contributed by atoms with van der Waals surface area (Å²) in [5, 5.41) is 0.482. The van der Waals surface area contributed by atoms with Gasteiger partial charge in [-0.25, -0.2) is 9.66 Å². The Morgan fingerprint density at radius 3 is 2.36 bits per heavy atom. The van der Waals surface area contributed by atoms with Crippen LogP contribution in [-0.4, -0.2) is 15.6 Å². The molecule has 1 aromatic heterocycles. The molecule has 0 spiro atoms. The minimum Gasteiger partial charge on any atom is -0.273 e. The fourth-order valence-electron chi connectivity index (χ4n) is 2.69. The van der Waals surface area contributed by atoms with Crippen LogP contribution >= 0.6 is 0 Å². The monoisotopic (exact) mass is 335 g/mol. The predicted octanol–water partition coefficient (Wildman–Crippen LogP) is 3.01. The fraction of sp³-hybridized carbons (Fsp3) is 0.250. The number of benzene rings is 2. The number of aromatic nitrogens is 2. The average molecular weight is 335 g/mol. The molecule has 128 valence electrons. The Balaban J connectivity index is 2.03. The van der Waals surface area contributed by atoms with Gasteiger partial charge in [-0.1, -0.05) is 63.2 Å². The Morgan fingerprint density at radius 2 is 1.68 bits per heavy atom. The first-order chi connectivity index (χ1) is 11.9. The van der Waals surface area contributed by atoms with Crippen LogP contribution in [0.4, 0.5) is 0 Å². The highest BCUT2D eigenvalue weighted by Crippen LogP contribution is 2.20. The summed E-state index contributed by atoms with van der Waals surface area (Å²) in [4.78, 5) is 30.0. The van der Waals surface area contributed by atoms with E-state index < -0.39 is 5.41 Å². The molecule has 5 heteroatoms. The summed E-state index contributed by atoms with van der Waals surface area (Å²) >= 11 is 0. The van der Waals surface area contributed by atoms with Crippen molar-refractivity contribution >= 4 is 16.8 Å². The van der Waals surface area contributed by atoms with Crippen molar-refractivity contribution in [2.75, 3.05) is 5.43 Å². The van der Waals surface area contributed by atoms with E-state index in [2.05, 4.69) is 10.4 Å². The number of para-hydroxylation sites is 1. The van der Waals surface area contributed by atoms with Gasteiger partial charge in [0, 0.05) is 5.41 Å². The van der Waals surface area contributed by atoms with Crippen molar-refractivity contribution in [2.45, 2.75) is 32.6 Å². The van der Waals surface area contributed by atoms with Gasteiger partial charge >= 0.3 is 0 Å². The summed E-state index contributed by atoms with van der Waals surface area (Å²) in [6.07, 6.45) is 0.198. The van der Waals surface area contributed by atoms with Crippen LogP contribution in [-0.2, 0) is 16.6 Å². The molecule has 0 fully saturated rings. The van der Waals surface area contributed by atoms with Gasteiger partial charge in [0.1, 0.15) is 5.82 Å². The summed E-state index contributed by atoms with van der Waals surface area (Å²) in [6.45, 7) is 5.89. The van der Waals surface area contributed by atoms with Crippen molar-refractivity contribution < 1.29 is 4.79 Å². The molecular formula is C20H21N3O2. The summed E-state index contributed by atoms with van der Waals surface area (Å²) in [7, 11) is 0. The molecule has 0 bridgehead atoms. The molecule has 0 unspecified atom stereocenters. The van der Waals surface area contributed by atoms with Crippen LogP contribution in [0.1, 0.15) is 32.2 Å². The molecule has 0 saturated carbocycles. The maximum Gasteiger partial charge on any atom is 0.280 e. The topological polar surface area (TPSA) is 64.0 Å². The van der Waals surface area contributed by atoms with E-state index in [1.807, 2.05) is 63.2 Å². The number of fused-ring (bicyclic) bond motifs is 1. The molecule has 0 aliphatic carbocycles. The summed E-state index contributed by atoms with van der Waals surface area (Å²) in [5.41, 5.74) is 3.58. The highest BCUT2D eigenvalue weighted by atomic mass is 16.2. The van der Waals surface area contributed by atoms with Crippen LogP contribution in [0.2, 0.25) is 0 Å². The average Bonchev–Trinajstić information content (AvgIpc) is 2.57. The van der Waals surface area contributed by atoms with E-state index in [1.54, 1.807) is 12.1 Å². The highest BCUT2D eigenvalue weighted by Gasteiger charge is 2.23. The smallest absolute Gasteiger partial charge is 0.273 e. The Hall–Kier alpha value is -2.95. The Kier molecular flexibility index (Phi) is 4.40. The van der Waals surface area contributed by atoms with E-state index in [0.29, 0.717) is 16.7 Å². The van der Waals surface area contributed by atoms with Gasteiger partial charge in [0.25, 0.3) is 5.56 Å². The molecule has 1 N–H and O–H groups in total. The van der Waals surface area contributed by atoms with Gasteiger partial charge < -0.3 is 0 Å². The lowest BCUT2D eigenvalue weighted by atomic mass is 9.95. The molecule has 25 heavy (non-hydrogen) atoms. The predicted molar refractivity (Wildman–Crippen MR) is 99.2 cm³/mol.